The molecule has 160 valence electrons. The Morgan fingerprint density at radius 1 is 0.875 bits per heavy atom. The topological polar surface area (TPSA) is 110 Å². The van der Waals surface area contributed by atoms with Gasteiger partial charge >= 0.3 is 0 Å². The monoisotopic (exact) mass is 429 g/mol. The summed E-state index contributed by atoms with van der Waals surface area (Å²) in [5.41, 5.74) is 7.51. The Balaban J connectivity index is 1.25. The van der Waals surface area contributed by atoms with Gasteiger partial charge in [-0.2, -0.15) is 5.26 Å². The highest BCUT2D eigenvalue weighted by atomic mass is 16.6. The van der Waals surface area contributed by atoms with Crippen molar-refractivity contribution in [2.45, 2.75) is 0 Å². The van der Waals surface area contributed by atoms with E-state index in [-0.39, 0.29) is 6.61 Å². The van der Waals surface area contributed by atoms with Crippen molar-refractivity contribution in [3.8, 4) is 34.4 Å². The maximum Gasteiger partial charge on any atom is 0.276 e. The van der Waals surface area contributed by atoms with Crippen LogP contribution >= 0.6 is 0 Å². The molecule has 0 saturated heterocycles. The van der Waals surface area contributed by atoms with Gasteiger partial charge in [0.05, 0.1) is 11.6 Å². The Labute approximate surface area is 184 Å². The van der Waals surface area contributed by atoms with Crippen molar-refractivity contribution in [3.63, 3.8) is 0 Å². The number of carbonyl (C=O) groups excluding carboxylic acids is 2. The zero-order chi connectivity index (χ0) is 22.3. The van der Waals surface area contributed by atoms with Gasteiger partial charge in [0.2, 0.25) is 0 Å². The van der Waals surface area contributed by atoms with E-state index in [2.05, 4.69) is 16.9 Å². The van der Waals surface area contributed by atoms with E-state index in [0.29, 0.717) is 41.6 Å². The average molecular weight is 429 g/mol. The van der Waals surface area contributed by atoms with Crippen LogP contribution in [0.2, 0.25) is 0 Å². The van der Waals surface area contributed by atoms with Gasteiger partial charge in [-0.05, 0) is 53.6 Å². The van der Waals surface area contributed by atoms with E-state index in [0.717, 1.165) is 11.1 Å². The number of rotatable bonds is 5. The minimum absolute atomic E-state index is 0.266. The third-order valence-corrected chi connectivity index (χ3v) is 4.69. The fourth-order valence-corrected chi connectivity index (χ4v) is 3.05. The Bertz CT molecular complexity index is 1170. The molecule has 8 heteroatoms. The van der Waals surface area contributed by atoms with Crippen molar-refractivity contribution in [1.29, 1.82) is 5.26 Å². The number of fused-ring (bicyclic) bond motifs is 1. The van der Waals surface area contributed by atoms with Gasteiger partial charge in [-0.25, -0.2) is 0 Å². The number of ether oxygens (including phenoxy) is 3. The summed E-state index contributed by atoms with van der Waals surface area (Å²) in [6.45, 7) is 0.616. The molecule has 0 saturated carbocycles. The standard InChI is InChI=1S/C24H19N3O5/c25-14-16-1-3-17(4-2-16)18-5-8-20(9-6-18)32-15-23(28)26-27-24(29)19-7-10-21-22(13-19)31-12-11-30-21/h1-10,13H,11-12,15H2,(H,26,28)(H,27,29). The first-order chi connectivity index (χ1) is 15.6. The normalized spacial score (nSPS) is 11.7. The van der Waals surface area contributed by atoms with Crippen LogP contribution in [0.25, 0.3) is 11.1 Å². The van der Waals surface area contributed by atoms with Crippen LogP contribution in [-0.2, 0) is 4.79 Å². The van der Waals surface area contributed by atoms with Gasteiger partial charge in [0.1, 0.15) is 19.0 Å². The van der Waals surface area contributed by atoms with Crippen molar-refractivity contribution in [1.82, 2.24) is 10.9 Å². The Morgan fingerprint density at radius 3 is 2.22 bits per heavy atom. The van der Waals surface area contributed by atoms with Crippen LogP contribution in [0, 0.1) is 11.3 Å². The van der Waals surface area contributed by atoms with Crippen molar-refractivity contribution >= 4 is 11.8 Å². The first-order valence-corrected chi connectivity index (χ1v) is 9.84. The Hall–Kier alpha value is -4.51. The predicted molar refractivity (Wildman–Crippen MR) is 115 cm³/mol. The second-order valence-electron chi connectivity index (χ2n) is 6.86. The van der Waals surface area contributed by atoms with Crippen molar-refractivity contribution in [2.75, 3.05) is 19.8 Å². The average Bonchev–Trinajstić information content (AvgIpc) is 2.86. The van der Waals surface area contributed by atoms with Crippen molar-refractivity contribution < 1.29 is 23.8 Å². The van der Waals surface area contributed by atoms with Crippen LogP contribution in [0.3, 0.4) is 0 Å². The molecule has 0 spiro atoms. The van der Waals surface area contributed by atoms with E-state index in [1.54, 1.807) is 42.5 Å². The van der Waals surface area contributed by atoms with E-state index < -0.39 is 11.8 Å². The van der Waals surface area contributed by atoms with E-state index in [1.807, 2.05) is 24.3 Å². The quantitative estimate of drug-likeness (QED) is 0.604. The number of hydrogen-bond acceptors (Lipinski definition) is 6. The van der Waals surface area contributed by atoms with E-state index >= 15 is 0 Å². The summed E-state index contributed by atoms with van der Waals surface area (Å²) in [5, 5.41) is 8.88. The number of hydrazine groups is 1. The zero-order valence-corrected chi connectivity index (χ0v) is 17.0. The molecule has 0 aromatic heterocycles. The van der Waals surface area contributed by atoms with Gasteiger partial charge < -0.3 is 14.2 Å². The van der Waals surface area contributed by atoms with Gasteiger partial charge in [0, 0.05) is 5.56 Å². The molecule has 1 aliphatic heterocycles. The summed E-state index contributed by atoms with van der Waals surface area (Å²) < 4.78 is 16.3. The van der Waals surface area contributed by atoms with Crippen LogP contribution in [0.1, 0.15) is 15.9 Å². The summed E-state index contributed by atoms with van der Waals surface area (Å²) >= 11 is 0. The molecule has 2 N–H and O–H groups in total. The molecule has 0 unspecified atom stereocenters. The molecule has 0 bridgehead atoms. The highest BCUT2D eigenvalue weighted by Crippen LogP contribution is 2.30. The van der Waals surface area contributed by atoms with Crippen LogP contribution in [0.15, 0.2) is 66.7 Å². The highest BCUT2D eigenvalue weighted by molar-refractivity contribution is 5.96. The minimum Gasteiger partial charge on any atom is -0.486 e. The van der Waals surface area contributed by atoms with Crippen LogP contribution in [0.4, 0.5) is 0 Å². The SMILES string of the molecule is N#Cc1ccc(-c2ccc(OCC(=O)NNC(=O)c3ccc4c(c3)OCCO4)cc2)cc1. The summed E-state index contributed by atoms with van der Waals surface area (Å²) in [4.78, 5) is 24.3. The molecule has 32 heavy (non-hydrogen) atoms. The first kappa shape index (κ1) is 20.8. The van der Waals surface area contributed by atoms with Crippen LogP contribution in [-0.4, -0.2) is 31.6 Å². The molecule has 1 heterocycles. The number of nitrogens with one attached hydrogen (secondary N) is 2. The second kappa shape index (κ2) is 9.53. The molecule has 8 nitrogen and oxygen atoms in total. The molecular weight excluding hydrogens is 410 g/mol. The number of carbonyl (C=O) groups is 2. The second-order valence-corrected chi connectivity index (χ2v) is 6.86. The number of hydrogen-bond donors (Lipinski definition) is 2. The molecule has 0 fully saturated rings. The molecule has 0 radical (unpaired) electrons. The van der Waals surface area contributed by atoms with Gasteiger partial charge in [-0.1, -0.05) is 24.3 Å². The highest BCUT2D eigenvalue weighted by Gasteiger charge is 2.15. The molecular formula is C24H19N3O5. The van der Waals surface area contributed by atoms with Crippen molar-refractivity contribution in [2.24, 2.45) is 0 Å². The lowest BCUT2D eigenvalue weighted by Crippen LogP contribution is -2.43. The third kappa shape index (κ3) is 4.96. The lowest BCUT2D eigenvalue weighted by atomic mass is 10.0. The maximum atomic E-state index is 12.2. The molecule has 3 aromatic rings. The summed E-state index contributed by atoms with van der Waals surface area (Å²) in [6, 6.07) is 21.3. The number of nitrogens with zero attached hydrogens (tertiary/aromatic N) is 1. The Kier molecular flexibility index (Phi) is 6.18. The predicted octanol–water partition coefficient (Wildman–Crippen LogP) is 2.84. The summed E-state index contributed by atoms with van der Waals surface area (Å²) in [5.74, 6) is 0.586. The lowest BCUT2D eigenvalue weighted by molar-refractivity contribution is -0.123. The first-order valence-electron chi connectivity index (χ1n) is 9.84. The maximum absolute atomic E-state index is 12.2. The van der Waals surface area contributed by atoms with Crippen molar-refractivity contribution in [3.05, 3.63) is 77.9 Å². The summed E-state index contributed by atoms with van der Waals surface area (Å²) in [6.07, 6.45) is 0. The van der Waals surface area contributed by atoms with E-state index in [9.17, 15) is 9.59 Å². The third-order valence-electron chi connectivity index (χ3n) is 4.69. The van der Waals surface area contributed by atoms with Gasteiger partial charge in [-0.3, -0.25) is 20.4 Å². The lowest BCUT2D eigenvalue weighted by Gasteiger charge is -2.18. The fraction of sp³-hybridized carbons (Fsp3) is 0.125. The molecule has 3 aromatic carbocycles. The molecule has 2 amide bonds. The molecule has 0 atom stereocenters. The van der Waals surface area contributed by atoms with Crippen LogP contribution in [0.5, 0.6) is 17.2 Å². The largest absolute Gasteiger partial charge is 0.486 e. The number of benzene rings is 3. The van der Waals surface area contributed by atoms with E-state index in [1.165, 1.54) is 0 Å². The number of amides is 2. The smallest absolute Gasteiger partial charge is 0.276 e. The summed E-state index contributed by atoms with van der Waals surface area (Å²) in [7, 11) is 0. The molecule has 0 aliphatic carbocycles. The van der Waals surface area contributed by atoms with Gasteiger partial charge in [0.25, 0.3) is 11.8 Å². The van der Waals surface area contributed by atoms with Gasteiger partial charge in [0.15, 0.2) is 18.1 Å². The zero-order valence-electron chi connectivity index (χ0n) is 17.0. The number of nitriles is 1. The molecule has 1 aliphatic rings. The Morgan fingerprint density at radius 2 is 1.53 bits per heavy atom. The van der Waals surface area contributed by atoms with E-state index in [4.69, 9.17) is 19.5 Å². The van der Waals surface area contributed by atoms with Crippen LogP contribution < -0.4 is 25.1 Å². The fourth-order valence-electron chi connectivity index (χ4n) is 3.05. The molecule has 4 rings (SSSR count). The van der Waals surface area contributed by atoms with Gasteiger partial charge in [-0.15, -0.1) is 0 Å². The minimum atomic E-state index is -0.507.